The molecule has 4 rings (SSSR count). The Morgan fingerprint density at radius 1 is 1.17 bits per heavy atom. The Bertz CT molecular complexity index is 895. The van der Waals surface area contributed by atoms with E-state index in [2.05, 4.69) is 10.3 Å². The first-order valence-corrected chi connectivity index (χ1v) is 10.1. The minimum atomic E-state index is -0.0680. The molecule has 1 unspecified atom stereocenters. The van der Waals surface area contributed by atoms with E-state index < -0.39 is 0 Å². The number of carbonyl (C=O) groups is 2. The third-order valence-corrected chi connectivity index (χ3v) is 5.49. The van der Waals surface area contributed by atoms with Crippen LogP contribution in [-0.4, -0.2) is 54.5 Å². The molecule has 3 heterocycles. The lowest BCUT2D eigenvalue weighted by Crippen LogP contribution is -2.35. The molecule has 0 bridgehead atoms. The van der Waals surface area contributed by atoms with Crippen LogP contribution in [0.2, 0.25) is 0 Å². The predicted octanol–water partition coefficient (Wildman–Crippen LogP) is 2.93. The van der Waals surface area contributed by atoms with Crippen molar-refractivity contribution in [2.75, 3.05) is 37.0 Å². The minimum Gasteiger partial charge on any atom is -0.497 e. The van der Waals surface area contributed by atoms with E-state index in [-0.39, 0.29) is 17.9 Å². The lowest BCUT2D eigenvalue weighted by molar-refractivity contribution is -0.117. The largest absolute Gasteiger partial charge is 0.497 e. The number of nitrogens with zero attached hydrogens (tertiary/aromatic N) is 3. The molecule has 2 saturated heterocycles. The topological polar surface area (TPSA) is 74.8 Å². The number of rotatable bonds is 5. The second kappa shape index (κ2) is 8.51. The van der Waals surface area contributed by atoms with Gasteiger partial charge in [0.2, 0.25) is 5.91 Å². The third-order valence-electron chi connectivity index (χ3n) is 5.49. The van der Waals surface area contributed by atoms with Crippen molar-refractivity contribution in [3.63, 3.8) is 0 Å². The quantitative estimate of drug-likeness (QED) is 0.844. The van der Waals surface area contributed by atoms with Gasteiger partial charge < -0.3 is 19.9 Å². The van der Waals surface area contributed by atoms with Gasteiger partial charge in [-0.2, -0.15) is 0 Å². The Morgan fingerprint density at radius 3 is 2.79 bits per heavy atom. The molecule has 29 heavy (non-hydrogen) atoms. The van der Waals surface area contributed by atoms with Crippen LogP contribution in [0, 0.1) is 0 Å². The molecule has 0 spiro atoms. The molecular formula is C22H26N4O3. The number of nitrogens with one attached hydrogen (secondary N) is 1. The molecule has 2 fully saturated rings. The maximum Gasteiger partial charge on any atom is 0.254 e. The maximum atomic E-state index is 12.7. The van der Waals surface area contributed by atoms with Gasteiger partial charge in [-0.1, -0.05) is 6.07 Å². The zero-order valence-electron chi connectivity index (χ0n) is 16.6. The Hall–Kier alpha value is -3.09. The van der Waals surface area contributed by atoms with Crippen LogP contribution in [0.1, 0.15) is 36.0 Å². The van der Waals surface area contributed by atoms with E-state index in [4.69, 9.17) is 4.74 Å². The number of amides is 2. The number of likely N-dealkylation sites (tertiary alicyclic amines) is 1. The fourth-order valence-corrected chi connectivity index (χ4v) is 3.96. The Balaban J connectivity index is 1.43. The number of piperidine rings is 1. The highest BCUT2D eigenvalue weighted by atomic mass is 16.5. The van der Waals surface area contributed by atoms with Crippen LogP contribution < -0.4 is 15.0 Å². The number of hydrogen-bond donors (Lipinski definition) is 1. The van der Waals surface area contributed by atoms with E-state index in [1.807, 2.05) is 29.2 Å². The van der Waals surface area contributed by atoms with E-state index in [0.717, 1.165) is 37.4 Å². The van der Waals surface area contributed by atoms with Crippen LogP contribution in [0.4, 0.5) is 11.5 Å². The molecule has 2 aliphatic heterocycles. The normalized spacial score (nSPS) is 19.3. The van der Waals surface area contributed by atoms with Crippen molar-refractivity contribution in [1.29, 1.82) is 0 Å². The summed E-state index contributed by atoms with van der Waals surface area (Å²) in [6.45, 7) is 2.17. The lowest BCUT2D eigenvalue weighted by Gasteiger charge is -2.26. The number of hydrogen-bond acceptors (Lipinski definition) is 5. The monoisotopic (exact) mass is 394 g/mol. The van der Waals surface area contributed by atoms with Crippen molar-refractivity contribution in [3.05, 3.63) is 48.2 Å². The summed E-state index contributed by atoms with van der Waals surface area (Å²) in [5.74, 6) is 1.45. The number of pyridine rings is 1. The molecule has 2 amide bonds. The lowest BCUT2D eigenvalue weighted by atomic mass is 10.1. The number of anilines is 2. The number of methoxy groups -OCH3 is 1. The molecule has 0 aliphatic carbocycles. The summed E-state index contributed by atoms with van der Waals surface area (Å²) in [5, 5.41) is 3.32. The van der Waals surface area contributed by atoms with E-state index in [1.165, 1.54) is 6.42 Å². The van der Waals surface area contributed by atoms with Crippen molar-refractivity contribution >= 4 is 23.3 Å². The molecule has 0 saturated carbocycles. The van der Waals surface area contributed by atoms with Crippen LogP contribution in [0.25, 0.3) is 0 Å². The van der Waals surface area contributed by atoms with Crippen molar-refractivity contribution in [2.24, 2.45) is 0 Å². The molecule has 2 aromatic rings. The summed E-state index contributed by atoms with van der Waals surface area (Å²) in [6, 6.07) is 11.0. The van der Waals surface area contributed by atoms with Gasteiger partial charge in [-0.25, -0.2) is 4.98 Å². The van der Waals surface area contributed by atoms with Crippen molar-refractivity contribution in [1.82, 2.24) is 9.88 Å². The SMILES string of the molecule is COc1cccc(N2CC(Nc3cc(C(=O)N4CCCCC4)ccn3)CC2=O)c1. The van der Waals surface area contributed by atoms with E-state index in [0.29, 0.717) is 24.3 Å². The highest BCUT2D eigenvalue weighted by Crippen LogP contribution is 2.26. The summed E-state index contributed by atoms with van der Waals surface area (Å²) < 4.78 is 5.26. The van der Waals surface area contributed by atoms with Gasteiger partial charge in [0, 0.05) is 49.6 Å². The average molecular weight is 394 g/mol. The van der Waals surface area contributed by atoms with Gasteiger partial charge in [0.05, 0.1) is 13.2 Å². The first kappa shape index (κ1) is 19.2. The Kier molecular flexibility index (Phi) is 5.64. The van der Waals surface area contributed by atoms with Gasteiger partial charge >= 0.3 is 0 Å². The number of benzene rings is 1. The maximum absolute atomic E-state index is 12.7. The molecule has 1 atom stereocenters. The van der Waals surface area contributed by atoms with Crippen LogP contribution >= 0.6 is 0 Å². The van der Waals surface area contributed by atoms with Crippen molar-refractivity contribution in [3.8, 4) is 5.75 Å². The fraction of sp³-hybridized carbons (Fsp3) is 0.409. The molecule has 152 valence electrons. The summed E-state index contributed by atoms with van der Waals surface area (Å²) in [7, 11) is 1.61. The van der Waals surface area contributed by atoms with Crippen LogP contribution in [0.5, 0.6) is 5.75 Å². The Labute approximate surface area is 170 Å². The summed E-state index contributed by atoms with van der Waals surface area (Å²) >= 11 is 0. The minimum absolute atomic E-state index is 0.0515. The van der Waals surface area contributed by atoms with Gasteiger partial charge in [0.25, 0.3) is 5.91 Å². The highest BCUT2D eigenvalue weighted by Gasteiger charge is 2.31. The van der Waals surface area contributed by atoms with E-state index in [9.17, 15) is 9.59 Å². The standard InChI is InChI=1S/C22H26N4O3/c1-29-19-7-5-6-18(14-19)26-15-17(13-21(26)27)24-20-12-16(8-9-23-20)22(28)25-10-3-2-4-11-25/h5-9,12,14,17H,2-4,10-11,13,15H2,1H3,(H,23,24). The van der Waals surface area contributed by atoms with Gasteiger partial charge in [-0.05, 0) is 43.5 Å². The Morgan fingerprint density at radius 2 is 2.00 bits per heavy atom. The number of ether oxygens (including phenoxy) is 1. The molecule has 1 N–H and O–H groups in total. The fourth-order valence-electron chi connectivity index (χ4n) is 3.96. The predicted molar refractivity (Wildman–Crippen MR) is 111 cm³/mol. The second-order valence-electron chi connectivity index (χ2n) is 7.53. The van der Waals surface area contributed by atoms with Crippen LogP contribution in [0.3, 0.4) is 0 Å². The molecule has 1 aromatic heterocycles. The zero-order valence-corrected chi connectivity index (χ0v) is 16.6. The number of carbonyl (C=O) groups excluding carboxylic acids is 2. The molecule has 1 aromatic carbocycles. The molecule has 2 aliphatic rings. The summed E-state index contributed by atoms with van der Waals surface area (Å²) in [4.78, 5) is 33.3. The van der Waals surface area contributed by atoms with Crippen LogP contribution in [0.15, 0.2) is 42.6 Å². The van der Waals surface area contributed by atoms with Gasteiger partial charge in [-0.15, -0.1) is 0 Å². The summed E-state index contributed by atoms with van der Waals surface area (Å²) in [5.41, 5.74) is 1.46. The number of aromatic nitrogens is 1. The summed E-state index contributed by atoms with van der Waals surface area (Å²) in [6.07, 6.45) is 5.34. The van der Waals surface area contributed by atoms with Gasteiger partial charge in [0.1, 0.15) is 11.6 Å². The molecule has 7 nitrogen and oxygen atoms in total. The molecule has 7 heteroatoms. The molecule has 0 radical (unpaired) electrons. The first-order chi connectivity index (χ1) is 14.1. The van der Waals surface area contributed by atoms with Crippen LogP contribution in [-0.2, 0) is 4.79 Å². The zero-order chi connectivity index (χ0) is 20.2. The van der Waals surface area contributed by atoms with Crippen molar-refractivity contribution in [2.45, 2.75) is 31.7 Å². The first-order valence-electron chi connectivity index (χ1n) is 10.1. The van der Waals surface area contributed by atoms with Gasteiger partial charge in [-0.3, -0.25) is 9.59 Å². The smallest absolute Gasteiger partial charge is 0.254 e. The average Bonchev–Trinajstić information content (AvgIpc) is 3.14. The van der Waals surface area contributed by atoms with E-state index >= 15 is 0 Å². The molecular weight excluding hydrogens is 368 g/mol. The van der Waals surface area contributed by atoms with Crippen molar-refractivity contribution < 1.29 is 14.3 Å². The third kappa shape index (κ3) is 4.34. The highest BCUT2D eigenvalue weighted by molar-refractivity contribution is 5.97. The second-order valence-corrected chi connectivity index (χ2v) is 7.53. The van der Waals surface area contributed by atoms with Gasteiger partial charge in [0.15, 0.2) is 0 Å². The van der Waals surface area contributed by atoms with E-state index in [1.54, 1.807) is 30.3 Å².